The van der Waals surface area contributed by atoms with Gasteiger partial charge in [0.25, 0.3) is 0 Å². The Morgan fingerprint density at radius 2 is 1.93 bits per heavy atom. The fourth-order valence-corrected chi connectivity index (χ4v) is 4.72. The smallest absolute Gasteiger partial charge is 0.333 e. The molecule has 4 nitrogen and oxygen atoms in total. The van der Waals surface area contributed by atoms with Gasteiger partial charge in [0.15, 0.2) is 6.10 Å². The molecule has 2 aromatic carbocycles. The average molecular weight is 651 g/mol. The molecule has 7 heteroatoms. The zero-order chi connectivity index (χ0) is 22.1. The number of benzene rings is 2. The Bertz CT molecular complexity index is 972. The minimum atomic E-state index is -0.991. The molecule has 0 bridgehead atoms. The van der Waals surface area contributed by atoms with Crippen LogP contribution in [0, 0.1) is 19.0 Å². The summed E-state index contributed by atoms with van der Waals surface area (Å²) in [6.45, 7) is 4.37. The highest BCUT2D eigenvalue weighted by atomic mass is 127. The summed E-state index contributed by atoms with van der Waals surface area (Å²) in [5.74, 6) is 5.84. The Balaban J connectivity index is 1.97. The number of allylic oxidation sites excluding steroid dienone is 1. The second-order valence-electron chi connectivity index (χ2n) is 6.36. The van der Waals surface area contributed by atoms with Crippen molar-refractivity contribution in [3.63, 3.8) is 0 Å². The molecule has 0 radical (unpaired) electrons. The molecule has 0 saturated heterocycles. The molecule has 0 aromatic heterocycles. The maximum absolute atomic E-state index is 11.2. The lowest BCUT2D eigenvalue weighted by molar-refractivity contribution is -0.149. The predicted octanol–water partition coefficient (Wildman–Crippen LogP) is 5.96. The van der Waals surface area contributed by atoms with Gasteiger partial charge < -0.3 is 14.6 Å². The highest BCUT2D eigenvalue weighted by Gasteiger charge is 2.18. The SMILES string of the molecule is CCO[C@@H](Cc1ccc(OC/C=C(/C)C#Cc2cc(I)cc(I)c2)c(Cl)c1)C(=O)O. The standard InChI is InChI=1S/C23H21ClI2O4/c1-3-29-22(23(27)28)13-17-6-7-21(20(24)12-17)30-9-8-15(2)4-5-16-10-18(25)14-19(26)11-16/h6-8,10-12,14,22H,3,9,13H2,1-2H3,(H,27,28)/b15-8-/t22-/m0/s1. The molecule has 0 spiro atoms. The number of ether oxygens (including phenoxy) is 2. The lowest BCUT2D eigenvalue weighted by Gasteiger charge is -2.13. The molecule has 30 heavy (non-hydrogen) atoms. The molecule has 158 valence electrons. The molecule has 0 saturated carbocycles. The number of carboxylic acid groups (broad SMARTS) is 1. The molecule has 1 atom stereocenters. The molecule has 2 rings (SSSR count). The molecule has 0 heterocycles. The first-order valence-corrected chi connectivity index (χ1v) is 11.7. The topological polar surface area (TPSA) is 55.8 Å². The molecule has 0 amide bonds. The van der Waals surface area contributed by atoms with Gasteiger partial charge in [-0.2, -0.15) is 0 Å². The number of halogens is 3. The normalized spacial score (nSPS) is 12.1. The van der Waals surface area contributed by atoms with E-state index >= 15 is 0 Å². The minimum absolute atomic E-state index is 0.245. The molecule has 0 aliphatic carbocycles. The van der Waals surface area contributed by atoms with Crippen molar-refractivity contribution in [2.45, 2.75) is 26.4 Å². The Kier molecular flexibility index (Phi) is 10.4. The second kappa shape index (κ2) is 12.5. The summed E-state index contributed by atoms with van der Waals surface area (Å²) in [6, 6.07) is 11.4. The summed E-state index contributed by atoms with van der Waals surface area (Å²) in [4.78, 5) is 11.2. The van der Waals surface area contributed by atoms with Crippen LogP contribution in [-0.2, 0) is 16.0 Å². The van der Waals surface area contributed by atoms with Crippen LogP contribution in [0.4, 0.5) is 0 Å². The van der Waals surface area contributed by atoms with E-state index in [1.807, 2.05) is 25.1 Å². The molecule has 1 N–H and O–H groups in total. The van der Waals surface area contributed by atoms with Gasteiger partial charge in [0.1, 0.15) is 12.4 Å². The van der Waals surface area contributed by atoms with E-state index in [0.29, 0.717) is 24.0 Å². The fraction of sp³-hybridized carbons (Fsp3) is 0.261. The monoisotopic (exact) mass is 650 g/mol. The molecule has 0 aliphatic rings. The number of rotatable bonds is 8. The molecule has 0 fully saturated rings. The number of hydrogen-bond donors (Lipinski definition) is 1. The Morgan fingerprint density at radius 1 is 1.23 bits per heavy atom. The molecule has 2 aromatic rings. The van der Waals surface area contributed by atoms with Crippen molar-refractivity contribution < 1.29 is 19.4 Å². The molecule has 0 unspecified atom stereocenters. The van der Waals surface area contributed by atoms with Crippen LogP contribution in [0.2, 0.25) is 5.02 Å². The highest BCUT2D eigenvalue weighted by Crippen LogP contribution is 2.26. The van der Waals surface area contributed by atoms with Crippen LogP contribution in [0.1, 0.15) is 25.0 Å². The van der Waals surface area contributed by atoms with Gasteiger partial charge in [-0.3, -0.25) is 0 Å². The summed E-state index contributed by atoms with van der Waals surface area (Å²) in [5, 5.41) is 9.63. The Hall–Kier alpha value is -1.28. The van der Waals surface area contributed by atoms with Gasteiger partial charge in [0.2, 0.25) is 0 Å². The third-order valence-electron chi connectivity index (χ3n) is 3.96. The number of hydrogen-bond acceptors (Lipinski definition) is 3. The van der Waals surface area contributed by atoms with E-state index in [4.69, 9.17) is 21.1 Å². The lowest BCUT2D eigenvalue weighted by atomic mass is 10.1. The lowest BCUT2D eigenvalue weighted by Crippen LogP contribution is -2.26. The minimum Gasteiger partial charge on any atom is -0.488 e. The fourth-order valence-electron chi connectivity index (χ4n) is 2.53. The van der Waals surface area contributed by atoms with E-state index in [1.54, 1.807) is 25.1 Å². The van der Waals surface area contributed by atoms with Crippen LogP contribution in [-0.4, -0.2) is 30.4 Å². The van der Waals surface area contributed by atoms with Crippen molar-refractivity contribution in [1.82, 2.24) is 0 Å². The Labute approximate surface area is 209 Å². The van der Waals surface area contributed by atoms with Crippen molar-refractivity contribution in [2.75, 3.05) is 13.2 Å². The van der Waals surface area contributed by atoms with Crippen LogP contribution in [0.25, 0.3) is 0 Å². The van der Waals surface area contributed by atoms with Crippen molar-refractivity contribution in [1.29, 1.82) is 0 Å². The van der Waals surface area contributed by atoms with Crippen LogP contribution < -0.4 is 4.74 Å². The summed E-state index contributed by atoms with van der Waals surface area (Å²) in [5.41, 5.74) is 2.65. The molecular formula is C23H21ClI2O4. The first-order valence-electron chi connectivity index (χ1n) is 9.19. The second-order valence-corrected chi connectivity index (χ2v) is 9.26. The van der Waals surface area contributed by atoms with E-state index in [9.17, 15) is 9.90 Å². The largest absolute Gasteiger partial charge is 0.488 e. The van der Waals surface area contributed by atoms with Crippen molar-refractivity contribution in [3.8, 4) is 17.6 Å². The maximum Gasteiger partial charge on any atom is 0.333 e. The van der Waals surface area contributed by atoms with E-state index in [2.05, 4.69) is 63.1 Å². The number of carbonyl (C=O) groups is 1. The summed E-state index contributed by atoms with van der Waals surface area (Å²) < 4.78 is 13.3. The van der Waals surface area contributed by atoms with Gasteiger partial charge in [0, 0.05) is 25.7 Å². The van der Waals surface area contributed by atoms with E-state index in [0.717, 1.165) is 23.8 Å². The highest BCUT2D eigenvalue weighted by molar-refractivity contribution is 14.1. The van der Waals surface area contributed by atoms with Gasteiger partial charge in [-0.05, 0) is 107 Å². The van der Waals surface area contributed by atoms with Gasteiger partial charge in [-0.25, -0.2) is 4.79 Å². The van der Waals surface area contributed by atoms with Gasteiger partial charge in [0.05, 0.1) is 5.02 Å². The molecular weight excluding hydrogens is 630 g/mol. The van der Waals surface area contributed by atoms with E-state index in [1.165, 1.54) is 0 Å². The van der Waals surface area contributed by atoms with Crippen molar-refractivity contribution in [2.24, 2.45) is 0 Å². The maximum atomic E-state index is 11.2. The Morgan fingerprint density at radius 3 is 2.53 bits per heavy atom. The predicted molar refractivity (Wildman–Crippen MR) is 136 cm³/mol. The van der Waals surface area contributed by atoms with Crippen LogP contribution >= 0.6 is 56.8 Å². The number of aliphatic carboxylic acids is 1. The van der Waals surface area contributed by atoms with Crippen LogP contribution in [0.3, 0.4) is 0 Å². The van der Waals surface area contributed by atoms with Crippen molar-refractivity contribution in [3.05, 3.63) is 71.3 Å². The average Bonchev–Trinajstić information content (AvgIpc) is 2.67. The van der Waals surface area contributed by atoms with Crippen molar-refractivity contribution >= 4 is 62.8 Å². The van der Waals surface area contributed by atoms with Gasteiger partial charge in [-0.1, -0.05) is 29.5 Å². The first-order chi connectivity index (χ1) is 14.3. The van der Waals surface area contributed by atoms with Gasteiger partial charge >= 0.3 is 5.97 Å². The van der Waals surface area contributed by atoms with E-state index in [-0.39, 0.29) is 6.42 Å². The summed E-state index contributed by atoms with van der Waals surface area (Å²) in [6.07, 6.45) is 1.25. The van der Waals surface area contributed by atoms with Crippen LogP contribution in [0.5, 0.6) is 5.75 Å². The summed E-state index contributed by atoms with van der Waals surface area (Å²) >= 11 is 10.9. The molecule has 0 aliphatic heterocycles. The van der Waals surface area contributed by atoms with Crippen LogP contribution in [0.15, 0.2) is 48.0 Å². The zero-order valence-electron chi connectivity index (χ0n) is 16.5. The summed E-state index contributed by atoms with van der Waals surface area (Å²) in [7, 11) is 0. The third kappa shape index (κ3) is 8.46. The first kappa shape index (κ1) is 25.0. The van der Waals surface area contributed by atoms with Gasteiger partial charge in [-0.15, -0.1) is 0 Å². The zero-order valence-corrected chi connectivity index (χ0v) is 21.6. The van der Waals surface area contributed by atoms with E-state index < -0.39 is 12.1 Å². The quantitative estimate of drug-likeness (QED) is 0.283. The third-order valence-corrected chi connectivity index (χ3v) is 5.50. The number of carboxylic acids is 1.